The molecule has 0 saturated heterocycles. The van der Waals surface area contributed by atoms with Crippen LogP contribution < -0.4 is 0 Å². The number of fused-ring (bicyclic) bond motifs is 1. The lowest BCUT2D eigenvalue weighted by Crippen LogP contribution is -1.94. The van der Waals surface area contributed by atoms with Gasteiger partial charge in [0.05, 0.1) is 0 Å². The fourth-order valence-electron chi connectivity index (χ4n) is 2.63. The summed E-state index contributed by atoms with van der Waals surface area (Å²) in [5.41, 5.74) is 2.32. The Bertz CT molecular complexity index is 1050. The number of halogens is 4. The normalized spacial score (nSPS) is 10.9. The minimum atomic E-state index is -3.67. The maximum atomic E-state index is 13.8. The second-order valence-electron chi connectivity index (χ2n) is 5.74. The summed E-state index contributed by atoms with van der Waals surface area (Å²) in [5.74, 6) is 0.482. The van der Waals surface area contributed by atoms with Crippen molar-refractivity contribution in [3.63, 3.8) is 0 Å². The molecule has 0 aliphatic carbocycles. The number of phenols is 1. The Balaban J connectivity index is 0.000000516. The van der Waals surface area contributed by atoms with Crippen molar-refractivity contribution in [2.24, 2.45) is 0 Å². The number of hydrogen-bond acceptors (Lipinski definition) is 5. The number of tetrazole rings is 1. The van der Waals surface area contributed by atoms with Crippen LogP contribution in [-0.2, 0) is 12.8 Å². The molecule has 10 heteroatoms. The maximum Gasteiger partial charge on any atom is 0.379 e. The van der Waals surface area contributed by atoms with Gasteiger partial charge in [-0.25, -0.2) is 4.39 Å². The van der Waals surface area contributed by atoms with Crippen LogP contribution in [0, 0.1) is 5.82 Å². The Morgan fingerprint density at radius 1 is 1.04 bits per heavy atom. The second kappa shape index (κ2) is 8.51. The number of H-pyrrole nitrogens is 1. The van der Waals surface area contributed by atoms with Crippen molar-refractivity contribution in [3.05, 3.63) is 59.4 Å². The Morgan fingerprint density at radius 2 is 1.82 bits per heavy atom. The number of aromatic nitrogens is 4. The molecule has 0 spiro atoms. The molecule has 0 bridgehead atoms. The fraction of sp³-hybridized carbons (Fsp3) is 0.167. The van der Waals surface area contributed by atoms with Gasteiger partial charge in [0.25, 0.3) is 0 Å². The Morgan fingerprint density at radius 3 is 2.50 bits per heavy atom. The van der Waals surface area contributed by atoms with Gasteiger partial charge < -0.3 is 9.52 Å². The minimum absolute atomic E-state index is 0.0674. The molecule has 2 aromatic heterocycles. The summed E-state index contributed by atoms with van der Waals surface area (Å²) in [6.45, 7) is -3.67. The van der Waals surface area contributed by atoms with E-state index in [1.807, 2.05) is 24.3 Å². The topological polar surface area (TPSA) is 87.8 Å². The molecule has 0 amide bonds. The van der Waals surface area contributed by atoms with Crippen LogP contribution in [-0.4, -0.2) is 32.4 Å². The average molecular weight is 394 g/mol. The smallest absolute Gasteiger partial charge is 0.379 e. The van der Waals surface area contributed by atoms with Crippen LogP contribution in [0.2, 0.25) is 0 Å². The van der Waals surface area contributed by atoms with Gasteiger partial charge in [-0.1, -0.05) is 18.2 Å². The number of aryl methyl sites for hydroxylation is 2. The number of nitrogens with zero attached hydrogens (tertiary/aromatic N) is 3. The first-order chi connectivity index (χ1) is 13.4. The zero-order valence-electron chi connectivity index (χ0n) is 14.2. The minimum Gasteiger partial charge on any atom is -0.508 e. The summed E-state index contributed by atoms with van der Waals surface area (Å²) in [4.78, 5) is 0. The van der Waals surface area contributed by atoms with Crippen molar-refractivity contribution < 1.29 is 27.1 Å². The van der Waals surface area contributed by atoms with Gasteiger partial charge in [-0.15, -0.1) is 10.2 Å². The van der Waals surface area contributed by atoms with E-state index >= 15 is 0 Å². The zero-order chi connectivity index (χ0) is 20.1. The van der Waals surface area contributed by atoms with E-state index in [-0.39, 0.29) is 5.75 Å². The number of aromatic amines is 1. The molecule has 0 fully saturated rings. The van der Waals surface area contributed by atoms with E-state index in [2.05, 4.69) is 20.6 Å². The molecule has 0 unspecified atom stereocenters. The van der Waals surface area contributed by atoms with Gasteiger partial charge in [0, 0.05) is 11.5 Å². The predicted octanol–water partition coefficient (Wildman–Crippen LogP) is 4.42. The van der Waals surface area contributed by atoms with Crippen LogP contribution in [0.1, 0.15) is 11.1 Å². The highest BCUT2D eigenvalue weighted by Crippen LogP contribution is 2.26. The third-order valence-corrected chi connectivity index (χ3v) is 3.87. The molecule has 4 aromatic rings. The van der Waals surface area contributed by atoms with Crippen LogP contribution in [0.4, 0.5) is 17.6 Å². The quantitative estimate of drug-likeness (QED) is 0.500. The first kappa shape index (κ1) is 19.3. The van der Waals surface area contributed by atoms with Crippen molar-refractivity contribution in [3.8, 4) is 17.3 Å². The number of aromatic hydroxyl groups is 1. The van der Waals surface area contributed by atoms with E-state index in [0.717, 1.165) is 22.6 Å². The molecule has 0 aliphatic heterocycles. The number of phenolic OH excluding ortho intramolecular Hbond substituents is 1. The monoisotopic (exact) mass is 394 g/mol. The molecule has 2 heterocycles. The highest BCUT2D eigenvalue weighted by Gasteiger charge is 2.11. The molecule has 2 aromatic carbocycles. The van der Waals surface area contributed by atoms with E-state index in [4.69, 9.17) is 4.42 Å². The van der Waals surface area contributed by atoms with Crippen LogP contribution in [0.15, 0.2) is 46.9 Å². The molecule has 4 rings (SSSR count). The summed E-state index contributed by atoms with van der Waals surface area (Å²) in [7, 11) is 0. The number of nitrogens with one attached hydrogen (secondary N) is 1. The SMILES string of the molecule is FC(F)F.Oc1ccc(CCc2ccc3cc(-c4nn[nH]n4)oc3c2)c(F)c1. The molecular formula is C18H14F4N4O2. The lowest BCUT2D eigenvalue weighted by Gasteiger charge is -2.04. The van der Waals surface area contributed by atoms with E-state index in [9.17, 15) is 22.7 Å². The number of alkyl halides is 3. The maximum absolute atomic E-state index is 13.8. The van der Waals surface area contributed by atoms with Gasteiger partial charge in [0.1, 0.15) is 17.1 Å². The fourth-order valence-corrected chi connectivity index (χ4v) is 2.63. The third kappa shape index (κ3) is 4.84. The van der Waals surface area contributed by atoms with E-state index in [1.54, 1.807) is 6.07 Å². The highest BCUT2D eigenvalue weighted by atomic mass is 19.4. The molecule has 146 valence electrons. The number of benzene rings is 2. The standard InChI is InChI=1S/C17H13FN4O2.CHF3/c18-14-9-13(23)6-5-11(14)3-1-10-2-4-12-8-16(24-15(12)7-10)17-19-21-22-20-17;2-1(3)4/h2,4-9,23H,1,3H2,(H,19,20,21,22);1H. The van der Waals surface area contributed by atoms with Crippen LogP contribution in [0.3, 0.4) is 0 Å². The van der Waals surface area contributed by atoms with Crippen molar-refractivity contribution in [1.82, 2.24) is 20.6 Å². The summed E-state index contributed by atoms with van der Waals surface area (Å²) in [6.07, 6.45) is 1.20. The number of hydrogen-bond donors (Lipinski definition) is 2. The first-order valence-corrected chi connectivity index (χ1v) is 8.08. The summed E-state index contributed by atoms with van der Waals surface area (Å²) < 4.78 is 48.5. The van der Waals surface area contributed by atoms with E-state index in [0.29, 0.717) is 30.0 Å². The Labute approximate surface area is 155 Å². The lowest BCUT2D eigenvalue weighted by atomic mass is 10.0. The van der Waals surface area contributed by atoms with Crippen molar-refractivity contribution in [2.45, 2.75) is 19.5 Å². The molecule has 0 saturated carbocycles. The number of rotatable bonds is 4. The van der Waals surface area contributed by atoms with Gasteiger partial charge in [-0.2, -0.15) is 18.4 Å². The third-order valence-electron chi connectivity index (χ3n) is 3.87. The second-order valence-corrected chi connectivity index (χ2v) is 5.74. The van der Waals surface area contributed by atoms with Crippen molar-refractivity contribution >= 4 is 11.0 Å². The van der Waals surface area contributed by atoms with Gasteiger partial charge >= 0.3 is 6.68 Å². The van der Waals surface area contributed by atoms with Crippen LogP contribution in [0.5, 0.6) is 5.75 Å². The number of furan rings is 1. The zero-order valence-corrected chi connectivity index (χ0v) is 14.2. The Hall–Kier alpha value is -3.43. The molecule has 0 atom stereocenters. The van der Waals surface area contributed by atoms with Crippen LogP contribution >= 0.6 is 0 Å². The van der Waals surface area contributed by atoms with Crippen LogP contribution in [0.25, 0.3) is 22.6 Å². The van der Waals surface area contributed by atoms with Gasteiger partial charge in [-0.05, 0) is 47.4 Å². The van der Waals surface area contributed by atoms with Gasteiger partial charge in [0.15, 0.2) is 5.76 Å². The predicted molar refractivity (Wildman–Crippen MR) is 92.0 cm³/mol. The summed E-state index contributed by atoms with van der Waals surface area (Å²) >= 11 is 0. The lowest BCUT2D eigenvalue weighted by molar-refractivity contribution is 0.00819. The first-order valence-electron chi connectivity index (χ1n) is 8.08. The molecule has 28 heavy (non-hydrogen) atoms. The Kier molecular flexibility index (Phi) is 5.87. The molecule has 6 nitrogen and oxygen atoms in total. The molecular weight excluding hydrogens is 380 g/mol. The van der Waals surface area contributed by atoms with E-state index < -0.39 is 12.5 Å². The van der Waals surface area contributed by atoms with E-state index in [1.165, 1.54) is 6.07 Å². The van der Waals surface area contributed by atoms with Gasteiger partial charge in [-0.3, -0.25) is 0 Å². The van der Waals surface area contributed by atoms with Crippen molar-refractivity contribution in [1.29, 1.82) is 0 Å². The molecule has 0 radical (unpaired) electrons. The highest BCUT2D eigenvalue weighted by molar-refractivity contribution is 5.82. The molecule has 2 N–H and O–H groups in total. The van der Waals surface area contributed by atoms with Gasteiger partial charge in [0.2, 0.25) is 5.82 Å². The summed E-state index contributed by atoms with van der Waals surface area (Å²) in [5, 5.41) is 23.9. The van der Waals surface area contributed by atoms with Crippen molar-refractivity contribution in [2.75, 3.05) is 0 Å². The largest absolute Gasteiger partial charge is 0.508 e. The molecule has 0 aliphatic rings. The average Bonchev–Trinajstić information content (AvgIpc) is 3.29. The summed E-state index contributed by atoms with van der Waals surface area (Å²) in [6, 6.07) is 11.9.